The molecule has 0 amide bonds. The van der Waals surface area contributed by atoms with Crippen LogP contribution < -0.4 is 4.72 Å². The van der Waals surface area contributed by atoms with Gasteiger partial charge in [-0.05, 0) is 56.1 Å². The molecule has 0 aromatic heterocycles. The third-order valence-corrected chi connectivity index (χ3v) is 6.45. The summed E-state index contributed by atoms with van der Waals surface area (Å²) in [6, 6.07) is 3.71. The molecule has 0 aliphatic rings. The summed E-state index contributed by atoms with van der Waals surface area (Å²) >= 11 is 0. The summed E-state index contributed by atoms with van der Waals surface area (Å²) in [5.74, 6) is -0.718. The summed E-state index contributed by atoms with van der Waals surface area (Å²) in [6.45, 7) is 15.5. The minimum absolute atomic E-state index is 0.163. The fourth-order valence-corrected chi connectivity index (χ4v) is 5.18. The molecule has 1 rings (SSSR count). The van der Waals surface area contributed by atoms with Crippen molar-refractivity contribution in [3.05, 3.63) is 40.0 Å². The zero-order chi connectivity index (χ0) is 21.9. The molecule has 0 bridgehead atoms. The molecule has 0 unspecified atom stereocenters. The largest absolute Gasteiger partial charge is 0.478 e. The zero-order valence-electron chi connectivity index (χ0n) is 18.4. The highest BCUT2D eigenvalue weighted by molar-refractivity contribution is 7.89. The fraction of sp³-hybridized carbons (Fsp3) is 0.591. The maximum atomic E-state index is 12.9. The van der Waals surface area contributed by atoms with Crippen LogP contribution in [0.1, 0.15) is 64.2 Å². The van der Waals surface area contributed by atoms with Crippen molar-refractivity contribution >= 4 is 16.0 Å². The molecule has 0 atom stereocenters. The van der Waals surface area contributed by atoms with Gasteiger partial charge in [0.25, 0.3) is 0 Å². The van der Waals surface area contributed by atoms with Crippen molar-refractivity contribution in [3.63, 3.8) is 0 Å². The number of carbonyl (C=O) groups is 1. The van der Waals surface area contributed by atoms with E-state index in [0.717, 1.165) is 11.1 Å². The maximum Gasteiger partial charge on any atom is 0.331 e. The van der Waals surface area contributed by atoms with Crippen LogP contribution in [-0.4, -0.2) is 26.0 Å². The van der Waals surface area contributed by atoms with Crippen LogP contribution in [0.15, 0.2) is 28.2 Å². The summed E-state index contributed by atoms with van der Waals surface area (Å²) in [5, 5.41) is 9.70. The Morgan fingerprint density at radius 3 is 2.00 bits per heavy atom. The molecule has 0 saturated carbocycles. The predicted molar refractivity (Wildman–Crippen MR) is 114 cm³/mol. The van der Waals surface area contributed by atoms with E-state index in [2.05, 4.69) is 4.72 Å². The summed E-state index contributed by atoms with van der Waals surface area (Å²) in [5.41, 5.74) is 3.26. The highest BCUT2D eigenvalue weighted by atomic mass is 32.2. The van der Waals surface area contributed by atoms with Gasteiger partial charge in [0.15, 0.2) is 0 Å². The van der Waals surface area contributed by atoms with Crippen molar-refractivity contribution in [1.29, 1.82) is 0 Å². The second kappa shape index (κ2) is 9.23. The van der Waals surface area contributed by atoms with Crippen LogP contribution in [-0.2, 0) is 14.8 Å². The molecule has 0 aliphatic heterocycles. The molecule has 28 heavy (non-hydrogen) atoms. The predicted octanol–water partition coefficient (Wildman–Crippen LogP) is 4.75. The topological polar surface area (TPSA) is 83.5 Å². The summed E-state index contributed by atoms with van der Waals surface area (Å²) in [4.78, 5) is 12.1. The van der Waals surface area contributed by atoms with E-state index < -0.39 is 16.0 Å². The van der Waals surface area contributed by atoms with Crippen LogP contribution in [0, 0.1) is 32.1 Å². The lowest BCUT2D eigenvalue weighted by Gasteiger charge is -2.27. The fourth-order valence-electron chi connectivity index (χ4n) is 3.70. The maximum absolute atomic E-state index is 12.9. The number of carboxylic acid groups (broad SMARTS) is 1. The standard InChI is InChI=1S/C22H35NO4S/c1-14(2)11-18(21(24)25)19(22(6,7)8)9-10-23-28(26,27)20-16(4)12-15(3)13-17(20)5/h12-14,23H,9-11H2,1-8H3,(H,24,25). The van der Waals surface area contributed by atoms with Gasteiger partial charge in [0.1, 0.15) is 0 Å². The molecule has 0 spiro atoms. The van der Waals surface area contributed by atoms with E-state index in [1.165, 1.54) is 0 Å². The average Bonchev–Trinajstić information content (AvgIpc) is 2.46. The van der Waals surface area contributed by atoms with E-state index in [4.69, 9.17) is 0 Å². The number of carboxylic acids is 1. The van der Waals surface area contributed by atoms with E-state index in [1.807, 2.05) is 53.7 Å². The SMILES string of the molecule is Cc1cc(C)c(S(=O)(=O)NCCC(=C(CC(C)C)C(=O)O)C(C)(C)C)c(C)c1. The minimum Gasteiger partial charge on any atom is -0.478 e. The van der Waals surface area contributed by atoms with Crippen LogP contribution in [0.2, 0.25) is 0 Å². The molecule has 0 radical (unpaired) electrons. The van der Waals surface area contributed by atoms with E-state index in [9.17, 15) is 18.3 Å². The molecule has 0 aliphatic carbocycles. The van der Waals surface area contributed by atoms with Gasteiger partial charge >= 0.3 is 5.97 Å². The van der Waals surface area contributed by atoms with E-state index in [1.54, 1.807) is 13.8 Å². The van der Waals surface area contributed by atoms with Gasteiger partial charge in [-0.3, -0.25) is 0 Å². The van der Waals surface area contributed by atoms with Crippen LogP contribution in [0.4, 0.5) is 0 Å². The van der Waals surface area contributed by atoms with Crippen LogP contribution >= 0.6 is 0 Å². The molecule has 158 valence electrons. The Bertz CT molecular complexity index is 836. The van der Waals surface area contributed by atoms with Crippen molar-refractivity contribution in [2.45, 2.75) is 73.1 Å². The molecular formula is C22H35NO4S. The third kappa shape index (κ3) is 6.45. The van der Waals surface area contributed by atoms with Gasteiger partial charge in [-0.15, -0.1) is 0 Å². The Hall–Kier alpha value is -1.66. The Labute approximate surface area is 170 Å². The smallest absolute Gasteiger partial charge is 0.331 e. The molecule has 6 heteroatoms. The van der Waals surface area contributed by atoms with Crippen molar-refractivity contribution in [3.8, 4) is 0 Å². The Kier molecular flexibility index (Phi) is 8.03. The second-order valence-electron chi connectivity index (χ2n) is 8.99. The number of hydrogen-bond acceptors (Lipinski definition) is 3. The number of aliphatic carboxylic acids is 1. The van der Waals surface area contributed by atoms with Gasteiger partial charge in [-0.25, -0.2) is 17.9 Å². The van der Waals surface area contributed by atoms with Crippen LogP contribution in [0.5, 0.6) is 0 Å². The highest BCUT2D eigenvalue weighted by Crippen LogP contribution is 2.33. The Morgan fingerprint density at radius 1 is 1.11 bits per heavy atom. The van der Waals surface area contributed by atoms with Gasteiger partial charge in [0.2, 0.25) is 10.0 Å². The number of hydrogen-bond donors (Lipinski definition) is 2. The van der Waals surface area contributed by atoms with Gasteiger partial charge < -0.3 is 5.11 Å². The Balaban J connectivity index is 3.15. The van der Waals surface area contributed by atoms with Gasteiger partial charge in [-0.2, -0.15) is 0 Å². The number of benzene rings is 1. The first kappa shape index (κ1) is 24.4. The van der Waals surface area contributed by atoms with Crippen molar-refractivity contribution in [1.82, 2.24) is 4.72 Å². The van der Waals surface area contributed by atoms with E-state index >= 15 is 0 Å². The molecule has 2 N–H and O–H groups in total. The second-order valence-corrected chi connectivity index (χ2v) is 10.7. The van der Waals surface area contributed by atoms with Gasteiger partial charge in [0, 0.05) is 12.1 Å². The first-order chi connectivity index (χ1) is 12.7. The molecule has 0 fully saturated rings. The monoisotopic (exact) mass is 409 g/mol. The number of sulfonamides is 1. The minimum atomic E-state index is -3.67. The lowest BCUT2D eigenvalue weighted by molar-refractivity contribution is -0.133. The molecule has 5 nitrogen and oxygen atoms in total. The normalized spacial score (nSPS) is 13.6. The lowest BCUT2D eigenvalue weighted by atomic mass is 9.79. The first-order valence-corrected chi connectivity index (χ1v) is 11.2. The highest BCUT2D eigenvalue weighted by Gasteiger charge is 2.26. The third-order valence-electron chi connectivity index (χ3n) is 4.68. The van der Waals surface area contributed by atoms with Gasteiger partial charge in [-0.1, -0.05) is 57.9 Å². The summed E-state index contributed by atoms with van der Waals surface area (Å²) in [6.07, 6.45) is 0.825. The van der Waals surface area contributed by atoms with Crippen LogP contribution in [0.3, 0.4) is 0 Å². The van der Waals surface area contributed by atoms with E-state index in [-0.39, 0.29) is 17.9 Å². The van der Waals surface area contributed by atoms with Crippen LogP contribution in [0.25, 0.3) is 0 Å². The van der Waals surface area contributed by atoms with Crippen molar-refractivity contribution < 1.29 is 18.3 Å². The molecular weight excluding hydrogens is 374 g/mol. The number of aryl methyl sites for hydroxylation is 3. The summed E-state index contributed by atoms with van der Waals surface area (Å²) < 4.78 is 28.4. The summed E-state index contributed by atoms with van der Waals surface area (Å²) in [7, 11) is -3.67. The Morgan fingerprint density at radius 2 is 1.61 bits per heavy atom. The zero-order valence-corrected chi connectivity index (χ0v) is 19.3. The number of rotatable bonds is 8. The van der Waals surface area contributed by atoms with Crippen molar-refractivity contribution in [2.75, 3.05) is 6.54 Å². The molecule has 0 heterocycles. The number of nitrogens with one attached hydrogen (secondary N) is 1. The molecule has 1 aromatic rings. The quantitative estimate of drug-likeness (QED) is 0.607. The first-order valence-electron chi connectivity index (χ1n) is 9.70. The lowest BCUT2D eigenvalue weighted by Crippen LogP contribution is -2.28. The van der Waals surface area contributed by atoms with Crippen molar-refractivity contribution in [2.24, 2.45) is 11.3 Å². The molecule has 0 saturated heterocycles. The molecule has 1 aromatic carbocycles. The van der Waals surface area contributed by atoms with E-state index in [0.29, 0.717) is 34.4 Å². The average molecular weight is 410 g/mol. The van der Waals surface area contributed by atoms with Gasteiger partial charge in [0.05, 0.1) is 4.90 Å².